The van der Waals surface area contributed by atoms with Gasteiger partial charge in [0.05, 0.1) is 20.3 Å². The van der Waals surface area contributed by atoms with Crippen LogP contribution in [-0.2, 0) is 33.2 Å². The van der Waals surface area contributed by atoms with Crippen molar-refractivity contribution in [2.45, 2.75) is 45.7 Å². The van der Waals surface area contributed by atoms with E-state index in [1.165, 1.54) is 27.7 Å². The molecule has 0 bridgehead atoms. The Balaban J connectivity index is 3.69. The Morgan fingerprint density at radius 2 is 1.78 bits per heavy atom. The van der Waals surface area contributed by atoms with E-state index in [-0.39, 0.29) is 23.9 Å². The number of esters is 1. The minimum absolute atomic E-state index is 0.0798. The normalized spacial score (nSPS) is 22.3. The predicted octanol–water partition coefficient (Wildman–Crippen LogP) is 3.22. The number of allylic oxidation sites excluding steroid dienone is 1. The number of nitrogens with zero attached hydrogens (tertiary/aromatic N) is 1. The van der Waals surface area contributed by atoms with Gasteiger partial charge in [-0.05, 0) is 20.3 Å². The first-order chi connectivity index (χ1) is 12.2. The number of alkyl halides is 3. The Morgan fingerprint density at radius 1 is 1.30 bits per heavy atom. The van der Waals surface area contributed by atoms with Crippen molar-refractivity contribution < 1.29 is 44.7 Å². The predicted molar refractivity (Wildman–Crippen MR) is 90.0 cm³/mol. The van der Waals surface area contributed by atoms with Crippen molar-refractivity contribution in [3.8, 4) is 0 Å². The van der Waals surface area contributed by atoms with Gasteiger partial charge in [0.2, 0.25) is 0 Å². The zero-order valence-corrected chi connectivity index (χ0v) is 17.3. The van der Waals surface area contributed by atoms with Gasteiger partial charge in [-0.15, -0.1) is 0 Å². The van der Waals surface area contributed by atoms with Crippen molar-refractivity contribution >= 4 is 23.6 Å². The SMILES string of the molecule is CCOP(=O)(/C=C1\CC(C)(C)[C@@H](C(=O)OC)N1S(=O)(=O)C(F)(F)F)OCC. The first-order valence-corrected chi connectivity index (χ1v) is 11.0. The highest BCUT2D eigenvalue weighted by atomic mass is 32.2. The second-order valence-electron chi connectivity index (χ2n) is 6.33. The van der Waals surface area contributed by atoms with Crippen molar-refractivity contribution in [2.24, 2.45) is 5.41 Å². The van der Waals surface area contributed by atoms with Crippen LogP contribution < -0.4 is 0 Å². The summed E-state index contributed by atoms with van der Waals surface area (Å²) in [4.78, 5) is 12.1. The van der Waals surface area contributed by atoms with Crippen molar-refractivity contribution in [3.63, 3.8) is 0 Å². The van der Waals surface area contributed by atoms with Gasteiger partial charge in [0.15, 0.2) is 0 Å². The van der Waals surface area contributed by atoms with E-state index in [4.69, 9.17) is 9.05 Å². The molecule has 0 aromatic carbocycles. The molecule has 1 aliphatic rings. The Bertz CT molecular complexity index is 738. The van der Waals surface area contributed by atoms with E-state index >= 15 is 0 Å². The number of methoxy groups -OCH3 is 1. The highest BCUT2D eigenvalue weighted by molar-refractivity contribution is 7.90. The number of carbonyl (C=O) groups is 1. The van der Waals surface area contributed by atoms with Crippen LogP contribution in [0.5, 0.6) is 0 Å². The molecule has 0 aromatic rings. The molecule has 1 aliphatic heterocycles. The minimum Gasteiger partial charge on any atom is -0.467 e. The number of hydrogen-bond donors (Lipinski definition) is 0. The molecule has 0 spiro atoms. The third kappa shape index (κ3) is 4.85. The van der Waals surface area contributed by atoms with E-state index in [0.29, 0.717) is 0 Å². The van der Waals surface area contributed by atoms with Gasteiger partial charge in [-0.3, -0.25) is 8.87 Å². The maximum Gasteiger partial charge on any atom is 0.516 e. The van der Waals surface area contributed by atoms with Gasteiger partial charge in [0.1, 0.15) is 6.04 Å². The zero-order valence-electron chi connectivity index (χ0n) is 15.6. The zero-order chi connectivity index (χ0) is 21.3. The van der Waals surface area contributed by atoms with Crippen molar-refractivity contribution in [3.05, 3.63) is 11.5 Å². The lowest BCUT2D eigenvalue weighted by Gasteiger charge is -2.31. The number of ether oxygens (including phenoxy) is 1. The molecule has 0 radical (unpaired) electrons. The molecule has 0 unspecified atom stereocenters. The van der Waals surface area contributed by atoms with Gasteiger partial charge in [-0.2, -0.15) is 21.6 Å². The maximum atomic E-state index is 13.2. The van der Waals surface area contributed by atoms with Crippen molar-refractivity contribution in [1.29, 1.82) is 0 Å². The minimum atomic E-state index is -5.97. The summed E-state index contributed by atoms with van der Waals surface area (Å²) in [5, 5.41) is 0. The molecule has 0 saturated carbocycles. The lowest BCUT2D eigenvalue weighted by molar-refractivity contribution is -0.147. The molecule has 1 fully saturated rings. The van der Waals surface area contributed by atoms with E-state index in [2.05, 4.69) is 4.74 Å². The van der Waals surface area contributed by atoms with E-state index in [1.807, 2.05) is 0 Å². The third-order valence-electron chi connectivity index (χ3n) is 3.80. The molecule has 1 rings (SSSR count). The molecule has 0 aliphatic carbocycles. The lowest BCUT2D eigenvalue weighted by Crippen LogP contribution is -2.50. The Labute approximate surface area is 156 Å². The van der Waals surface area contributed by atoms with Crippen LogP contribution in [0.25, 0.3) is 0 Å². The molecule has 0 aromatic heterocycles. The van der Waals surface area contributed by atoms with Crippen LogP contribution in [0.15, 0.2) is 11.5 Å². The van der Waals surface area contributed by atoms with Gasteiger partial charge in [-0.1, -0.05) is 13.8 Å². The summed E-state index contributed by atoms with van der Waals surface area (Å²) in [5.74, 6) is -0.438. The van der Waals surface area contributed by atoms with Gasteiger partial charge >= 0.3 is 29.1 Å². The van der Waals surface area contributed by atoms with Crippen molar-refractivity contribution in [2.75, 3.05) is 20.3 Å². The third-order valence-corrected chi connectivity index (χ3v) is 7.19. The topological polar surface area (TPSA) is 99.2 Å². The molecule has 1 atom stereocenters. The maximum absolute atomic E-state index is 13.2. The standard InChI is InChI=1S/C14H23F3NO7PS/c1-6-24-26(20,25-7-2)9-10-8-13(3,4)11(12(19)23-5)18(10)27(21,22)14(15,16)17/h9,11H,6-8H2,1-5H3/b10-9+/t11-/m1/s1. The molecular weight excluding hydrogens is 414 g/mol. The number of halogens is 3. The van der Waals surface area contributed by atoms with Crippen LogP contribution in [0.1, 0.15) is 34.1 Å². The second kappa shape index (κ2) is 8.10. The van der Waals surface area contributed by atoms with Crippen LogP contribution in [0.3, 0.4) is 0 Å². The summed E-state index contributed by atoms with van der Waals surface area (Å²) in [7, 11) is -9.07. The number of hydrogen-bond acceptors (Lipinski definition) is 7. The van der Waals surface area contributed by atoms with Crippen LogP contribution in [0.4, 0.5) is 13.2 Å². The fourth-order valence-electron chi connectivity index (χ4n) is 2.81. The highest BCUT2D eigenvalue weighted by Gasteiger charge is 2.61. The average molecular weight is 437 g/mol. The van der Waals surface area contributed by atoms with Crippen molar-refractivity contribution in [1.82, 2.24) is 4.31 Å². The largest absolute Gasteiger partial charge is 0.516 e. The molecule has 158 valence electrons. The van der Waals surface area contributed by atoms with E-state index in [9.17, 15) is 30.9 Å². The van der Waals surface area contributed by atoms with Crippen LogP contribution >= 0.6 is 7.60 Å². The van der Waals surface area contributed by atoms with Gasteiger partial charge in [0.25, 0.3) is 0 Å². The van der Waals surface area contributed by atoms with E-state index in [1.54, 1.807) is 0 Å². The molecular formula is C14H23F3NO7PS. The fourth-order valence-corrected chi connectivity index (χ4v) is 5.71. The second-order valence-corrected chi connectivity index (χ2v) is 9.99. The van der Waals surface area contributed by atoms with Crippen LogP contribution in [-0.4, -0.2) is 50.6 Å². The molecule has 13 heteroatoms. The molecule has 0 amide bonds. The van der Waals surface area contributed by atoms with E-state index < -0.39 is 46.3 Å². The quantitative estimate of drug-likeness (QED) is 0.445. The summed E-state index contributed by atoms with van der Waals surface area (Å²) in [6.45, 7) is 5.61. The number of carbonyl (C=O) groups excluding carboxylic acids is 1. The lowest BCUT2D eigenvalue weighted by atomic mass is 9.84. The smallest absolute Gasteiger partial charge is 0.467 e. The monoisotopic (exact) mass is 437 g/mol. The average Bonchev–Trinajstić information content (AvgIpc) is 2.76. The van der Waals surface area contributed by atoms with Gasteiger partial charge in [0, 0.05) is 16.9 Å². The summed E-state index contributed by atoms with van der Waals surface area (Å²) < 4.78 is 91.2. The first kappa shape index (κ1) is 23.9. The molecule has 8 nitrogen and oxygen atoms in total. The van der Waals surface area contributed by atoms with Gasteiger partial charge < -0.3 is 13.8 Å². The van der Waals surface area contributed by atoms with Gasteiger partial charge in [-0.25, -0.2) is 4.79 Å². The summed E-state index contributed by atoms with van der Waals surface area (Å²) in [5.41, 5.74) is -7.45. The van der Waals surface area contributed by atoms with E-state index in [0.717, 1.165) is 12.9 Å². The molecule has 1 saturated heterocycles. The summed E-state index contributed by atoms with van der Waals surface area (Å²) in [6.07, 6.45) is -0.299. The Kier molecular flexibility index (Phi) is 7.18. The fraction of sp³-hybridized carbons (Fsp3) is 0.786. The number of rotatable bonds is 7. The Hall–Kier alpha value is -1.10. The summed E-state index contributed by atoms with van der Waals surface area (Å²) >= 11 is 0. The Morgan fingerprint density at radius 3 is 2.15 bits per heavy atom. The van der Waals surface area contributed by atoms with Crippen LogP contribution in [0, 0.1) is 5.41 Å². The molecule has 1 heterocycles. The highest BCUT2D eigenvalue weighted by Crippen LogP contribution is 2.55. The number of sulfonamides is 1. The summed E-state index contributed by atoms with van der Waals surface area (Å²) in [6, 6.07) is -1.79. The van der Waals surface area contributed by atoms with Crippen LogP contribution in [0.2, 0.25) is 0 Å². The first-order valence-electron chi connectivity index (χ1n) is 7.96. The molecule has 27 heavy (non-hydrogen) atoms. The molecule has 0 N–H and O–H groups in total.